The van der Waals surface area contributed by atoms with Crippen molar-refractivity contribution in [2.45, 2.75) is 69.1 Å². The summed E-state index contributed by atoms with van der Waals surface area (Å²) < 4.78 is 2.22. The van der Waals surface area contributed by atoms with Gasteiger partial charge >= 0.3 is 0 Å². The Morgan fingerprint density at radius 2 is 1.96 bits per heavy atom. The summed E-state index contributed by atoms with van der Waals surface area (Å²) in [6.45, 7) is 0.760. The molecule has 0 saturated heterocycles. The Labute approximate surface area is 158 Å². The average molecular weight is 369 g/mol. The van der Waals surface area contributed by atoms with E-state index in [0.29, 0.717) is 12.0 Å². The zero-order valence-corrected chi connectivity index (χ0v) is 15.8. The number of aromatic nitrogens is 3. The highest BCUT2D eigenvalue weighted by atomic mass is 16.3. The maximum Gasteiger partial charge on any atom is 0.270 e. The number of nitrogens with one attached hydrogen (secondary N) is 1. The van der Waals surface area contributed by atoms with Crippen molar-refractivity contribution in [3.63, 3.8) is 0 Å². The number of amides is 1. The number of rotatable bonds is 2. The zero-order chi connectivity index (χ0) is 18.6. The summed E-state index contributed by atoms with van der Waals surface area (Å²) in [6, 6.07) is 2.25. The Bertz CT molecular complexity index is 878. The molecule has 0 aromatic carbocycles. The van der Waals surface area contributed by atoms with Crippen LogP contribution in [0.1, 0.15) is 61.9 Å². The van der Waals surface area contributed by atoms with E-state index < -0.39 is 0 Å². The molecule has 0 radical (unpaired) electrons. The van der Waals surface area contributed by atoms with E-state index in [4.69, 9.17) is 4.98 Å². The maximum atomic E-state index is 12.8. The van der Waals surface area contributed by atoms with Gasteiger partial charge in [0.1, 0.15) is 11.3 Å². The Morgan fingerprint density at radius 1 is 1.22 bits per heavy atom. The van der Waals surface area contributed by atoms with Crippen LogP contribution in [0.2, 0.25) is 0 Å². The summed E-state index contributed by atoms with van der Waals surface area (Å²) in [4.78, 5) is 24.0. The van der Waals surface area contributed by atoms with Crippen LogP contribution in [0.5, 0.6) is 0 Å². The Kier molecular flexibility index (Phi) is 3.89. The molecule has 2 N–H and O–H groups in total. The highest BCUT2D eigenvalue weighted by Gasteiger charge is 2.45. The van der Waals surface area contributed by atoms with Gasteiger partial charge in [0.05, 0.1) is 11.6 Å². The van der Waals surface area contributed by atoms with Gasteiger partial charge < -0.3 is 19.9 Å². The predicted molar refractivity (Wildman–Crippen MR) is 103 cm³/mol. The lowest BCUT2D eigenvalue weighted by molar-refractivity contribution is 0.0626. The fourth-order valence-electron chi connectivity index (χ4n) is 5.29. The molecule has 0 bridgehead atoms. The third-order valence-electron chi connectivity index (χ3n) is 6.68. The number of carbonyl (C=O) groups excluding carboxylic acids is 1. The zero-order valence-electron chi connectivity index (χ0n) is 15.8. The number of anilines is 1. The van der Waals surface area contributed by atoms with E-state index in [1.807, 2.05) is 24.2 Å². The van der Waals surface area contributed by atoms with Gasteiger partial charge in [0.15, 0.2) is 0 Å². The summed E-state index contributed by atoms with van der Waals surface area (Å²) in [6.07, 6.45) is 9.75. The molecule has 2 aliphatic carbocycles. The van der Waals surface area contributed by atoms with Crippen LogP contribution in [0.25, 0.3) is 11.0 Å². The maximum absolute atomic E-state index is 12.8. The third-order valence-corrected chi connectivity index (χ3v) is 6.68. The Balaban J connectivity index is 1.54. The highest BCUT2D eigenvalue weighted by molar-refractivity contribution is 5.99. The summed E-state index contributed by atoms with van der Waals surface area (Å²) in [5.74, 6) is 0.700. The number of fused-ring (bicyclic) bond motifs is 4. The lowest BCUT2D eigenvalue weighted by Gasteiger charge is -2.41. The lowest BCUT2D eigenvalue weighted by atomic mass is 9.93. The standard InChI is InChI=1S/C20H27N5O2/c1-24-12-20(8-2-3-9-20)25-16(18(24)27)10-13-11-21-19(23-17(13)25)22-14-4-6-15(26)7-5-14/h10-11,14-15,26H,2-9,12H2,1H3,(H,21,22,23)/t14-,15-. The first kappa shape index (κ1) is 17.0. The number of likely N-dealkylation sites (N-methyl/N-ethyl adjacent to an activating group) is 1. The highest BCUT2D eigenvalue weighted by Crippen LogP contribution is 2.43. The van der Waals surface area contributed by atoms with Crippen molar-refractivity contribution in [1.29, 1.82) is 0 Å². The van der Waals surface area contributed by atoms with Crippen LogP contribution in [-0.4, -0.2) is 56.2 Å². The quantitative estimate of drug-likeness (QED) is 0.850. The smallest absolute Gasteiger partial charge is 0.270 e. The van der Waals surface area contributed by atoms with Crippen molar-refractivity contribution in [2.75, 3.05) is 18.9 Å². The number of hydrogen-bond acceptors (Lipinski definition) is 5. The van der Waals surface area contributed by atoms with E-state index in [9.17, 15) is 9.90 Å². The Morgan fingerprint density at radius 3 is 2.70 bits per heavy atom. The summed E-state index contributed by atoms with van der Waals surface area (Å²) >= 11 is 0. The van der Waals surface area contributed by atoms with Crippen LogP contribution < -0.4 is 5.32 Å². The molecule has 3 aliphatic rings. The average Bonchev–Trinajstić information content (AvgIpc) is 3.27. The van der Waals surface area contributed by atoms with E-state index >= 15 is 0 Å². The first-order chi connectivity index (χ1) is 13.1. The van der Waals surface area contributed by atoms with Gasteiger partial charge in [0.25, 0.3) is 5.91 Å². The number of nitrogens with zero attached hydrogens (tertiary/aromatic N) is 4. The van der Waals surface area contributed by atoms with Crippen molar-refractivity contribution in [2.24, 2.45) is 0 Å². The van der Waals surface area contributed by atoms with Gasteiger partial charge in [-0.3, -0.25) is 4.79 Å². The molecule has 2 fully saturated rings. The second kappa shape index (κ2) is 6.19. The van der Waals surface area contributed by atoms with Crippen molar-refractivity contribution in [3.8, 4) is 0 Å². The Hall–Kier alpha value is -2.15. The second-order valence-corrected chi connectivity index (χ2v) is 8.58. The molecule has 1 amide bonds. The first-order valence-corrected chi connectivity index (χ1v) is 10.1. The number of hydrogen-bond donors (Lipinski definition) is 2. The van der Waals surface area contributed by atoms with Crippen molar-refractivity contribution in [3.05, 3.63) is 18.0 Å². The molecule has 2 saturated carbocycles. The van der Waals surface area contributed by atoms with E-state index in [-0.39, 0.29) is 17.6 Å². The first-order valence-electron chi connectivity index (χ1n) is 10.1. The van der Waals surface area contributed by atoms with Crippen molar-refractivity contribution >= 4 is 22.9 Å². The minimum atomic E-state index is -0.172. The second-order valence-electron chi connectivity index (χ2n) is 8.58. The van der Waals surface area contributed by atoms with E-state index in [1.165, 1.54) is 12.8 Å². The topological polar surface area (TPSA) is 83.3 Å². The predicted octanol–water partition coefficient (Wildman–Crippen LogP) is 2.50. The fraction of sp³-hybridized carbons (Fsp3) is 0.650. The van der Waals surface area contributed by atoms with Crippen LogP contribution in [0.15, 0.2) is 12.3 Å². The van der Waals surface area contributed by atoms with Gasteiger partial charge in [-0.2, -0.15) is 4.98 Å². The van der Waals surface area contributed by atoms with Gasteiger partial charge in [-0.15, -0.1) is 0 Å². The number of carbonyl (C=O) groups is 1. The van der Waals surface area contributed by atoms with Crippen molar-refractivity contribution in [1.82, 2.24) is 19.4 Å². The molecule has 1 aliphatic heterocycles. The number of aliphatic hydroxyl groups is 1. The molecule has 7 nitrogen and oxygen atoms in total. The normalized spacial score (nSPS) is 27.3. The molecular weight excluding hydrogens is 342 g/mol. The van der Waals surface area contributed by atoms with Gasteiger partial charge in [-0.1, -0.05) is 12.8 Å². The molecule has 1 spiro atoms. The molecular formula is C20H27N5O2. The third kappa shape index (κ3) is 2.71. The molecule has 144 valence electrons. The van der Waals surface area contributed by atoms with Crippen LogP contribution in [0.4, 0.5) is 5.95 Å². The van der Waals surface area contributed by atoms with Crippen LogP contribution >= 0.6 is 0 Å². The lowest BCUT2D eigenvalue weighted by Crippen LogP contribution is -2.50. The SMILES string of the molecule is CN1CC2(CCCC2)n2c(cc3cnc(N[C@H]4CC[C@H](O)CC4)nc32)C1=O. The minimum Gasteiger partial charge on any atom is -0.393 e. The minimum absolute atomic E-state index is 0.0275. The summed E-state index contributed by atoms with van der Waals surface area (Å²) in [5, 5.41) is 14.1. The van der Waals surface area contributed by atoms with Crippen molar-refractivity contribution < 1.29 is 9.90 Å². The van der Waals surface area contributed by atoms with Crippen LogP contribution in [-0.2, 0) is 5.54 Å². The molecule has 27 heavy (non-hydrogen) atoms. The van der Waals surface area contributed by atoms with Gasteiger partial charge in [0, 0.05) is 31.2 Å². The van der Waals surface area contributed by atoms with Crippen LogP contribution in [0, 0.1) is 0 Å². The largest absolute Gasteiger partial charge is 0.393 e. The molecule has 2 aromatic rings. The molecule has 0 unspecified atom stereocenters. The summed E-state index contributed by atoms with van der Waals surface area (Å²) in [5.41, 5.74) is 1.59. The van der Waals surface area contributed by atoms with Gasteiger partial charge in [0.2, 0.25) is 5.95 Å². The van der Waals surface area contributed by atoms with Gasteiger partial charge in [-0.05, 0) is 44.6 Å². The molecule has 2 aromatic heterocycles. The van der Waals surface area contributed by atoms with E-state index in [1.54, 1.807) is 0 Å². The fourth-order valence-corrected chi connectivity index (χ4v) is 5.29. The van der Waals surface area contributed by atoms with Crippen LogP contribution in [0.3, 0.4) is 0 Å². The van der Waals surface area contributed by atoms with E-state index in [2.05, 4.69) is 14.9 Å². The molecule has 3 heterocycles. The monoisotopic (exact) mass is 369 g/mol. The van der Waals surface area contributed by atoms with Gasteiger partial charge in [-0.25, -0.2) is 4.98 Å². The molecule has 0 atom stereocenters. The summed E-state index contributed by atoms with van der Waals surface area (Å²) in [7, 11) is 1.90. The van der Waals surface area contributed by atoms with E-state index in [0.717, 1.165) is 61.8 Å². The number of aliphatic hydroxyl groups excluding tert-OH is 1. The molecule has 5 rings (SSSR count). The molecule has 7 heteroatoms.